The molecule has 0 aromatic rings. The Kier molecular flexibility index (Phi) is 11.0. The van der Waals surface area contributed by atoms with E-state index in [1.807, 2.05) is 0 Å². The molecule has 0 aromatic heterocycles. The summed E-state index contributed by atoms with van der Waals surface area (Å²) in [6.45, 7) is 6.49. The summed E-state index contributed by atoms with van der Waals surface area (Å²) >= 11 is 3.44. The topological polar surface area (TPSA) is 29.1 Å². The van der Waals surface area contributed by atoms with Crippen LogP contribution < -0.4 is 5.32 Å². The van der Waals surface area contributed by atoms with E-state index in [1.54, 1.807) is 0 Å². The van der Waals surface area contributed by atoms with Gasteiger partial charge in [-0.2, -0.15) is 0 Å². The molecule has 1 amide bonds. The molecule has 3 heteroatoms. The third-order valence-electron chi connectivity index (χ3n) is 3.07. The molecule has 0 aromatic carbocycles. The van der Waals surface area contributed by atoms with Gasteiger partial charge >= 0.3 is 0 Å². The van der Waals surface area contributed by atoms with Crippen molar-refractivity contribution >= 4 is 21.8 Å². The molecule has 102 valence electrons. The van der Waals surface area contributed by atoms with Gasteiger partial charge in [0.25, 0.3) is 0 Å². The van der Waals surface area contributed by atoms with Crippen LogP contribution in [0.25, 0.3) is 0 Å². The van der Waals surface area contributed by atoms with Crippen LogP contribution >= 0.6 is 15.9 Å². The van der Waals surface area contributed by atoms with Crippen LogP contribution in [0.5, 0.6) is 0 Å². The number of carbonyl (C=O) groups is 1. The van der Waals surface area contributed by atoms with Gasteiger partial charge in [0, 0.05) is 17.8 Å². The van der Waals surface area contributed by atoms with Gasteiger partial charge in [0.1, 0.15) is 0 Å². The number of alkyl halides is 1. The standard InChI is InChI=1S/C14H28BrNO/c1-4-5-6-7-8-9-10-14(17)16-13(11-15)12(2)3/h12-13H,4-11H2,1-3H3,(H,16,17). The second-order valence-corrected chi connectivity index (χ2v) is 5.74. The van der Waals surface area contributed by atoms with E-state index in [-0.39, 0.29) is 11.9 Å². The maximum atomic E-state index is 11.7. The maximum Gasteiger partial charge on any atom is 0.220 e. The van der Waals surface area contributed by atoms with Crippen molar-refractivity contribution in [2.24, 2.45) is 5.92 Å². The summed E-state index contributed by atoms with van der Waals surface area (Å²) in [7, 11) is 0. The molecule has 1 atom stereocenters. The fourth-order valence-electron chi connectivity index (χ4n) is 1.73. The van der Waals surface area contributed by atoms with Crippen molar-refractivity contribution in [3.8, 4) is 0 Å². The lowest BCUT2D eigenvalue weighted by Gasteiger charge is -2.19. The van der Waals surface area contributed by atoms with Crippen molar-refractivity contribution < 1.29 is 4.79 Å². The molecule has 0 spiro atoms. The number of carbonyl (C=O) groups excluding carboxylic acids is 1. The zero-order valence-corrected chi connectivity index (χ0v) is 13.2. The quantitative estimate of drug-likeness (QED) is 0.474. The lowest BCUT2D eigenvalue weighted by Crippen LogP contribution is -2.39. The second-order valence-electron chi connectivity index (χ2n) is 5.09. The smallest absolute Gasteiger partial charge is 0.220 e. The summed E-state index contributed by atoms with van der Waals surface area (Å²) in [5, 5.41) is 3.92. The van der Waals surface area contributed by atoms with Crippen molar-refractivity contribution in [1.82, 2.24) is 5.32 Å². The third kappa shape index (κ3) is 9.63. The number of halogens is 1. The van der Waals surface area contributed by atoms with E-state index in [0.717, 1.165) is 11.8 Å². The molecule has 0 saturated heterocycles. The third-order valence-corrected chi connectivity index (χ3v) is 3.77. The van der Waals surface area contributed by atoms with Crippen molar-refractivity contribution in [3.05, 3.63) is 0 Å². The van der Waals surface area contributed by atoms with E-state index in [2.05, 4.69) is 42.0 Å². The van der Waals surface area contributed by atoms with Crippen LogP contribution in [-0.4, -0.2) is 17.3 Å². The average molecular weight is 306 g/mol. The van der Waals surface area contributed by atoms with Crippen LogP contribution in [0.3, 0.4) is 0 Å². The molecular formula is C14H28BrNO. The lowest BCUT2D eigenvalue weighted by molar-refractivity contribution is -0.122. The van der Waals surface area contributed by atoms with Crippen molar-refractivity contribution in [2.45, 2.75) is 71.8 Å². The molecule has 0 fully saturated rings. The number of amides is 1. The number of unbranched alkanes of at least 4 members (excludes halogenated alkanes) is 5. The summed E-state index contributed by atoms with van der Waals surface area (Å²) in [5.41, 5.74) is 0. The first-order valence-electron chi connectivity index (χ1n) is 6.97. The summed E-state index contributed by atoms with van der Waals surface area (Å²) < 4.78 is 0. The molecule has 0 bridgehead atoms. The fraction of sp³-hybridized carbons (Fsp3) is 0.929. The van der Waals surface area contributed by atoms with E-state index in [0.29, 0.717) is 12.3 Å². The Morgan fingerprint density at radius 2 is 1.71 bits per heavy atom. The van der Waals surface area contributed by atoms with Crippen LogP contribution in [0, 0.1) is 5.92 Å². The zero-order valence-electron chi connectivity index (χ0n) is 11.6. The Hall–Kier alpha value is -0.0500. The Balaban J connectivity index is 3.52. The number of rotatable bonds is 10. The second kappa shape index (κ2) is 11.1. The van der Waals surface area contributed by atoms with Crippen LogP contribution in [0.2, 0.25) is 0 Å². The molecule has 1 N–H and O–H groups in total. The molecule has 0 aliphatic carbocycles. The highest BCUT2D eigenvalue weighted by Crippen LogP contribution is 2.08. The predicted molar refractivity (Wildman–Crippen MR) is 78.6 cm³/mol. The molecule has 0 rings (SSSR count). The molecule has 2 nitrogen and oxygen atoms in total. The van der Waals surface area contributed by atoms with Gasteiger partial charge in [-0.05, 0) is 12.3 Å². The predicted octanol–water partition coefficient (Wildman–Crippen LogP) is 4.27. The Morgan fingerprint density at radius 1 is 1.12 bits per heavy atom. The van der Waals surface area contributed by atoms with Crippen LogP contribution in [0.4, 0.5) is 0 Å². The molecule has 17 heavy (non-hydrogen) atoms. The highest BCUT2D eigenvalue weighted by Gasteiger charge is 2.13. The highest BCUT2D eigenvalue weighted by atomic mass is 79.9. The molecule has 0 aliphatic heterocycles. The van der Waals surface area contributed by atoms with Gasteiger partial charge in [-0.3, -0.25) is 4.79 Å². The average Bonchev–Trinajstić information content (AvgIpc) is 2.30. The van der Waals surface area contributed by atoms with Crippen molar-refractivity contribution in [1.29, 1.82) is 0 Å². The number of hydrogen-bond acceptors (Lipinski definition) is 1. The summed E-state index contributed by atoms with van der Waals surface area (Å²) in [6.07, 6.45) is 8.09. The summed E-state index contributed by atoms with van der Waals surface area (Å²) in [5.74, 6) is 0.696. The largest absolute Gasteiger partial charge is 0.352 e. The minimum absolute atomic E-state index is 0.207. The number of nitrogens with one attached hydrogen (secondary N) is 1. The number of hydrogen-bond donors (Lipinski definition) is 1. The van der Waals surface area contributed by atoms with Gasteiger partial charge in [-0.25, -0.2) is 0 Å². The van der Waals surface area contributed by atoms with E-state index in [9.17, 15) is 4.79 Å². The van der Waals surface area contributed by atoms with Crippen LogP contribution in [-0.2, 0) is 4.79 Å². The minimum Gasteiger partial charge on any atom is -0.352 e. The molecule has 0 aliphatic rings. The van der Waals surface area contributed by atoms with Gasteiger partial charge in [-0.1, -0.05) is 68.8 Å². The first kappa shape index (κ1) is 16.9. The van der Waals surface area contributed by atoms with Gasteiger partial charge in [-0.15, -0.1) is 0 Å². The van der Waals surface area contributed by atoms with Gasteiger partial charge in [0.2, 0.25) is 5.91 Å². The lowest BCUT2D eigenvalue weighted by atomic mass is 10.1. The molecule has 0 heterocycles. The molecule has 1 unspecified atom stereocenters. The van der Waals surface area contributed by atoms with Crippen LogP contribution in [0.15, 0.2) is 0 Å². The molecule has 0 radical (unpaired) electrons. The van der Waals surface area contributed by atoms with E-state index in [1.165, 1.54) is 32.1 Å². The van der Waals surface area contributed by atoms with E-state index in [4.69, 9.17) is 0 Å². The summed E-state index contributed by atoms with van der Waals surface area (Å²) in [6, 6.07) is 0.266. The zero-order chi connectivity index (χ0) is 13.1. The molecular weight excluding hydrogens is 278 g/mol. The van der Waals surface area contributed by atoms with Gasteiger partial charge in [0.15, 0.2) is 0 Å². The fourth-order valence-corrected chi connectivity index (χ4v) is 2.64. The SMILES string of the molecule is CCCCCCCCC(=O)NC(CBr)C(C)C. The molecule has 0 saturated carbocycles. The Bertz CT molecular complexity index is 195. The van der Waals surface area contributed by atoms with Crippen molar-refractivity contribution in [3.63, 3.8) is 0 Å². The highest BCUT2D eigenvalue weighted by molar-refractivity contribution is 9.09. The van der Waals surface area contributed by atoms with Gasteiger partial charge < -0.3 is 5.32 Å². The van der Waals surface area contributed by atoms with E-state index >= 15 is 0 Å². The van der Waals surface area contributed by atoms with Gasteiger partial charge in [0.05, 0.1) is 0 Å². The monoisotopic (exact) mass is 305 g/mol. The first-order valence-corrected chi connectivity index (χ1v) is 8.09. The van der Waals surface area contributed by atoms with Crippen LogP contribution in [0.1, 0.15) is 65.7 Å². The van der Waals surface area contributed by atoms with Crippen molar-refractivity contribution in [2.75, 3.05) is 5.33 Å². The Morgan fingerprint density at radius 3 is 2.24 bits per heavy atom. The Labute approximate surface area is 115 Å². The summed E-state index contributed by atoms with van der Waals surface area (Å²) in [4.78, 5) is 11.7. The van der Waals surface area contributed by atoms with E-state index < -0.39 is 0 Å². The maximum absolute atomic E-state index is 11.7. The first-order chi connectivity index (χ1) is 8.11. The normalized spacial score (nSPS) is 12.8. The minimum atomic E-state index is 0.207.